The predicted octanol–water partition coefficient (Wildman–Crippen LogP) is 6.09. The van der Waals surface area contributed by atoms with Crippen LogP contribution in [0.1, 0.15) is 94.8 Å². The van der Waals surface area contributed by atoms with Crippen molar-refractivity contribution in [3.8, 4) is 0 Å². The van der Waals surface area contributed by atoms with Gasteiger partial charge in [-0.3, -0.25) is 5.41 Å². The number of rotatable bonds is 10. The van der Waals surface area contributed by atoms with Gasteiger partial charge in [0, 0.05) is 19.4 Å². The third-order valence-corrected chi connectivity index (χ3v) is 3.15. The molecular formula is C21H47CaNO4. The summed E-state index contributed by atoms with van der Waals surface area (Å²) < 4.78 is 21.4. The quantitative estimate of drug-likeness (QED) is 0.153. The molecule has 1 N–H and O–H groups in total. The number of hydrogen-bond donors (Lipinski definition) is 1. The molecule has 1 fully saturated rings. The first-order chi connectivity index (χ1) is 12.6. The Balaban J connectivity index is -0.000000105. The van der Waals surface area contributed by atoms with E-state index < -0.39 is 5.97 Å². The van der Waals surface area contributed by atoms with Crippen molar-refractivity contribution < 1.29 is 20.4 Å². The van der Waals surface area contributed by atoms with E-state index in [9.17, 15) is 0 Å². The van der Waals surface area contributed by atoms with Crippen LogP contribution in [0.2, 0.25) is 0 Å². The van der Waals surface area contributed by atoms with Crippen LogP contribution in [0, 0.1) is 12.3 Å². The van der Waals surface area contributed by atoms with Crippen LogP contribution in [0.4, 0.5) is 0 Å². The van der Waals surface area contributed by atoms with Crippen molar-refractivity contribution in [2.75, 3.05) is 26.4 Å². The summed E-state index contributed by atoms with van der Waals surface area (Å²) in [6.45, 7) is 20.3. The molecule has 1 heterocycles. The third-order valence-electron chi connectivity index (χ3n) is 3.15. The predicted molar refractivity (Wildman–Crippen MR) is 119 cm³/mol. The average Bonchev–Trinajstić information content (AvgIpc) is 3.13. The van der Waals surface area contributed by atoms with E-state index in [1.54, 1.807) is 0 Å². The first-order valence-electron chi connectivity index (χ1n) is 10.5. The second-order valence-corrected chi connectivity index (χ2v) is 5.08. The average molecular weight is 418 g/mol. The molecule has 0 amide bonds. The molecule has 1 rings (SSSR count). The molecule has 0 atom stereocenters. The number of hydrogen-bond acceptors (Lipinski definition) is 5. The minimum absolute atomic E-state index is 0. The minimum Gasteiger partial charge on any atom is -1.00 e. The summed E-state index contributed by atoms with van der Waals surface area (Å²) in [6, 6.07) is 0. The molecule has 162 valence electrons. The van der Waals surface area contributed by atoms with E-state index in [-0.39, 0.29) is 39.2 Å². The molecule has 0 spiro atoms. The number of nitrogens with one attached hydrogen (secondary N) is 1. The van der Waals surface area contributed by atoms with E-state index >= 15 is 0 Å². The number of unbranched alkanes of at least 4 members (excludes halogenated alkanes) is 3. The summed E-state index contributed by atoms with van der Waals surface area (Å²) in [6.07, 6.45) is 6.96. The van der Waals surface area contributed by atoms with Crippen LogP contribution < -0.4 is 0 Å². The summed E-state index contributed by atoms with van der Waals surface area (Å²) in [7, 11) is 0. The van der Waals surface area contributed by atoms with E-state index in [0.717, 1.165) is 32.1 Å². The summed E-state index contributed by atoms with van der Waals surface area (Å²) in [5.74, 6) is -0.314. The van der Waals surface area contributed by atoms with Gasteiger partial charge >= 0.3 is 37.7 Å². The van der Waals surface area contributed by atoms with Crippen molar-refractivity contribution in [2.24, 2.45) is 0 Å². The Kier molecular flexibility index (Phi) is 37.4. The van der Waals surface area contributed by atoms with Gasteiger partial charge in [0.1, 0.15) is 0 Å². The molecule has 1 aliphatic rings. The molecule has 0 saturated carbocycles. The fourth-order valence-corrected chi connectivity index (χ4v) is 2.08. The summed E-state index contributed by atoms with van der Waals surface area (Å²) >= 11 is 0. The molecule has 5 nitrogen and oxygen atoms in total. The minimum atomic E-state index is -0.704. The van der Waals surface area contributed by atoms with Crippen LogP contribution in [-0.4, -0.2) is 76.0 Å². The van der Waals surface area contributed by atoms with Crippen molar-refractivity contribution in [2.45, 2.75) is 99.4 Å². The van der Waals surface area contributed by atoms with Crippen LogP contribution in [0.15, 0.2) is 0 Å². The van der Waals surface area contributed by atoms with Crippen LogP contribution in [0.5, 0.6) is 0 Å². The molecule has 27 heavy (non-hydrogen) atoms. The number of ether oxygens (including phenoxy) is 4. The van der Waals surface area contributed by atoms with Gasteiger partial charge in [0.15, 0.2) is 5.90 Å². The third kappa shape index (κ3) is 22.8. The summed E-state index contributed by atoms with van der Waals surface area (Å²) in [4.78, 5) is 0. The van der Waals surface area contributed by atoms with Crippen molar-refractivity contribution in [3.63, 3.8) is 0 Å². The topological polar surface area (TPSA) is 60.8 Å². The summed E-state index contributed by atoms with van der Waals surface area (Å²) in [5, 5.41) is 7.14. The smallest absolute Gasteiger partial charge is 1.00 e. The molecule has 1 aliphatic heterocycles. The van der Waals surface area contributed by atoms with Crippen molar-refractivity contribution in [3.05, 3.63) is 6.92 Å². The van der Waals surface area contributed by atoms with E-state index in [4.69, 9.17) is 24.4 Å². The Morgan fingerprint density at radius 1 is 1.00 bits per heavy atom. The Morgan fingerprint density at radius 3 is 1.96 bits per heavy atom. The fourth-order valence-electron chi connectivity index (χ4n) is 2.08. The Bertz CT molecular complexity index is 279. The van der Waals surface area contributed by atoms with E-state index in [1.165, 1.54) is 12.8 Å². The van der Waals surface area contributed by atoms with Gasteiger partial charge in [-0.2, -0.15) is 6.42 Å². The van der Waals surface area contributed by atoms with Crippen LogP contribution in [-0.2, 0) is 18.9 Å². The Hall–Kier alpha value is 0.610. The van der Waals surface area contributed by atoms with Crippen LogP contribution >= 0.6 is 0 Å². The first kappa shape index (κ1) is 35.1. The molecule has 0 aliphatic carbocycles. The molecule has 1 saturated heterocycles. The largest absolute Gasteiger partial charge is 2.00 e. The van der Waals surface area contributed by atoms with Crippen molar-refractivity contribution in [1.82, 2.24) is 0 Å². The molecular weight excluding hydrogens is 370 g/mol. The maximum absolute atomic E-state index is 7.14. The molecule has 0 aromatic heterocycles. The normalized spacial score (nSPS) is 13.5. The van der Waals surface area contributed by atoms with E-state index in [0.29, 0.717) is 32.3 Å². The van der Waals surface area contributed by atoms with Gasteiger partial charge in [-0.15, -0.1) is 0 Å². The standard InChI is InChI=1S/C10H20O3.C7H14NO.2C2H6.Ca.H/c1-3-5-6-7-10(11-4-2)12-8-9-13-10;1-3-5-6-7(8)9-4-2;2*1-2;;/h3-9H2,1-2H3;8H,1,3-6H2,2H3;2*1-2H3;;/q;-1;;;+2;-1. The molecule has 0 aromatic carbocycles. The monoisotopic (exact) mass is 417 g/mol. The SMILES string of the molecule is CC.CC.CCCCCC1(OCC)OCCO1.[CH2-]CCCC(=N)OCC.[Ca+2].[H-]. The zero-order valence-corrected chi connectivity index (χ0v) is 21.5. The summed E-state index contributed by atoms with van der Waals surface area (Å²) in [5.41, 5.74) is 0. The van der Waals surface area contributed by atoms with Gasteiger partial charge in [-0.05, 0) is 20.3 Å². The Labute approximate surface area is 201 Å². The zero-order valence-electron chi connectivity index (χ0n) is 20.3. The molecule has 6 heteroatoms. The molecule has 0 bridgehead atoms. The molecule has 0 unspecified atom stereocenters. The van der Waals surface area contributed by atoms with Crippen molar-refractivity contribution >= 4 is 43.6 Å². The Morgan fingerprint density at radius 2 is 1.56 bits per heavy atom. The van der Waals surface area contributed by atoms with Crippen LogP contribution in [0.3, 0.4) is 0 Å². The van der Waals surface area contributed by atoms with Crippen molar-refractivity contribution in [1.29, 1.82) is 5.41 Å². The van der Waals surface area contributed by atoms with Gasteiger partial charge < -0.3 is 27.3 Å². The zero-order chi connectivity index (χ0) is 20.7. The molecule has 0 radical (unpaired) electrons. The van der Waals surface area contributed by atoms with Gasteiger partial charge in [-0.25, -0.2) is 0 Å². The molecule has 0 aromatic rings. The van der Waals surface area contributed by atoms with Gasteiger partial charge in [0.05, 0.1) is 19.8 Å². The van der Waals surface area contributed by atoms with Gasteiger partial charge in [0.2, 0.25) is 0 Å². The maximum Gasteiger partial charge on any atom is 2.00 e. The van der Waals surface area contributed by atoms with Gasteiger partial charge in [0.25, 0.3) is 5.97 Å². The maximum atomic E-state index is 7.14. The van der Waals surface area contributed by atoms with E-state index in [1.807, 2.05) is 41.5 Å². The fraction of sp³-hybridized carbons (Fsp3) is 0.905. The van der Waals surface area contributed by atoms with Crippen LogP contribution in [0.25, 0.3) is 0 Å². The second kappa shape index (κ2) is 28.8. The van der Waals surface area contributed by atoms with E-state index in [2.05, 4.69) is 13.8 Å². The van der Waals surface area contributed by atoms with Gasteiger partial charge in [-0.1, -0.05) is 53.9 Å². The first-order valence-corrected chi connectivity index (χ1v) is 10.5. The second-order valence-electron chi connectivity index (χ2n) is 5.08.